The van der Waals surface area contributed by atoms with E-state index in [1.807, 2.05) is 18.4 Å². The average Bonchev–Trinajstić information content (AvgIpc) is 2.85. The number of piperidine rings is 1. The van der Waals surface area contributed by atoms with Crippen molar-refractivity contribution in [3.8, 4) is 0 Å². The van der Waals surface area contributed by atoms with E-state index in [1.165, 1.54) is 41.3 Å². The van der Waals surface area contributed by atoms with Crippen molar-refractivity contribution < 1.29 is 0 Å². The fourth-order valence-corrected chi connectivity index (χ4v) is 5.01. The summed E-state index contributed by atoms with van der Waals surface area (Å²) >= 11 is 1.94. The third-order valence-electron chi connectivity index (χ3n) is 5.12. The Kier molecular flexibility index (Phi) is 3.67. The zero-order valence-electron chi connectivity index (χ0n) is 12.4. The molecule has 1 N–H and O–H groups in total. The lowest BCUT2D eigenvalue weighted by Crippen LogP contribution is -2.39. The Hall–Kier alpha value is -0.450. The quantitative estimate of drug-likeness (QED) is 0.921. The average molecular weight is 279 g/mol. The molecule has 0 amide bonds. The first kappa shape index (κ1) is 13.5. The standard InChI is InChI=1S/C15H25N3S/c1-9(16-3)14-10(2)17-15(19-14)11-7-12-5-6-13(8-11)18(12)4/h9,11-13,16H,5-8H2,1-4H3. The van der Waals surface area contributed by atoms with Crippen LogP contribution in [0.5, 0.6) is 0 Å². The van der Waals surface area contributed by atoms with Gasteiger partial charge in [0.15, 0.2) is 0 Å². The first-order chi connectivity index (χ1) is 9.10. The number of nitrogens with zero attached hydrogens (tertiary/aromatic N) is 2. The van der Waals surface area contributed by atoms with Crippen LogP contribution < -0.4 is 5.32 Å². The summed E-state index contributed by atoms with van der Waals surface area (Å²) in [4.78, 5) is 8.91. The number of thiazole rings is 1. The van der Waals surface area contributed by atoms with Crippen LogP contribution in [0.3, 0.4) is 0 Å². The minimum Gasteiger partial charge on any atom is -0.312 e. The van der Waals surface area contributed by atoms with Gasteiger partial charge in [0, 0.05) is 28.9 Å². The lowest BCUT2D eigenvalue weighted by molar-refractivity contribution is 0.161. The van der Waals surface area contributed by atoms with Crippen LogP contribution >= 0.6 is 11.3 Å². The van der Waals surface area contributed by atoms with Gasteiger partial charge in [0.1, 0.15) is 0 Å². The summed E-state index contributed by atoms with van der Waals surface area (Å²) in [6.07, 6.45) is 5.41. The van der Waals surface area contributed by atoms with Gasteiger partial charge in [0.2, 0.25) is 0 Å². The Labute approximate surface area is 120 Å². The molecule has 2 aliphatic rings. The van der Waals surface area contributed by atoms with E-state index < -0.39 is 0 Å². The highest BCUT2D eigenvalue weighted by molar-refractivity contribution is 7.11. The highest BCUT2D eigenvalue weighted by Gasteiger charge is 2.40. The number of aromatic nitrogens is 1. The molecule has 3 rings (SSSR count). The minimum absolute atomic E-state index is 0.425. The number of nitrogens with one attached hydrogen (secondary N) is 1. The van der Waals surface area contributed by atoms with Crippen molar-refractivity contribution in [1.29, 1.82) is 0 Å². The summed E-state index contributed by atoms with van der Waals surface area (Å²) in [7, 11) is 4.33. The molecule has 2 bridgehead atoms. The second-order valence-corrected chi connectivity index (χ2v) is 7.29. The van der Waals surface area contributed by atoms with Gasteiger partial charge in [0.25, 0.3) is 0 Å². The maximum Gasteiger partial charge on any atom is 0.0963 e. The van der Waals surface area contributed by atoms with E-state index >= 15 is 0 Å². The molecule has 1 aromatic heterocycles. The molecule has 2 fully saturated rings. The Bertz CT molecular complexity index is 442. The maximum absolute atomic E-state index is 4.89. The van der Waals surface area contributed by atoms with Crippen LogP contribution in [0.15, 0.2) is 0 Å². The van der Waals surface area contributed by atoms with Crippen molar-refractivity contribution in [3.63, 3.8) is 0 Å². The van der Waals surface area contributed by atoms with Crippen molar-refractivity contribution in [2.75, 3.05) is 14.1 Å². The topological polar surface area (TPSA) is 28.2 Å². The van der Waals surface area contributed by atoms with E-state index in [2.05, 4.69) is 31.1 Å². The molecular formula is C15H25N3S. The first-order valence-electron chi connectivity index (χ1n) is 7.46. The van der Waals surface area contributed by atoms with Gasteiger partial charge >= 0.3 is 0 Å². The molecule has 2 saturated heterocycles. The molecule has 3 nitrogen and oxygen atoms in total. The molecule has 3 heterocycles. The molecule has 0 aromatic carbocycles. The van der Waals surface area contributed by atoms with Crippen LogP contribution in [-0.4, -0.2) is 36.1 Å². The normalized spacial score (nSPS) is 32.7. The summed E-state index contributed by atoms with van der Waals surface area (Å²) in [5, 5.41) is 4.73. The molecule has 3 atom stereocenters. The molecule has 0 aliphatic carbocycles. The highest BCUT2D eigenvalue weighted by Crippen LogP contribution is 2.43. The predicted molar refractivity (Wildman–Crippen MR) is 80.9 cm³/mol. The van der Waals surface area contributed by atoms with Crippen molar-refractivity contribution in [1.82, 2.24) is 15.2 Å². The maximum atomic E-state index is 4.89. The predicted octanol–water partition coefficient (Wildman–Crippen LogP) is 3.07. The fraction of sp³-hybridized carbons (Fsp3) is 0.800. The number of fused-ring (bicyclic) bond motifs is 2. The molecule has 1 aromatic rings. The van der Waals surface area contributed by atoms with Gasteiger partial charge in [-0.2, -0.15) is 0 Å². The van der Waals surface area contributed by atoms with Crippen LogP contribution in [0.2, 0.25) is 0 Å². The van der Waals surface area contributed by atoms with Gasteiger partial charge in [-0.1, -0.05) is 0 Å². The fourth-order valence-electron chi connectivity index (χ4n) is 3.75. The summed E-state index contributed by atoms with van der Waals surface area (Å²) in [6, 6.07) is 2.03. The second kappa shape index (κ2) is 5.15. The van der Waals surface area contributed by atoms with Crippen LogP contribution in [0.1, 0.15) is 60.1 Å². The van der Waals surface area contributed by atoms with Gasteiger partial charge in [-0.15, -0.1) is 11.3 Å². The van der Waals surface area contributed by atoms with E-state index in [-0.39, 0.29) is 0 Å². The van der Waals surface area contributed by atoms with Gasteiger partial charge in [-0.25, -0.2) is 4.98 Å². The molecule has 2 aliphatic heterocycles. The lowest BCUT2D eigenvalue weighted by Gasteiger charge is -2.35. The SMILES string of the molecule is CNC(C)c1sc(C2CC3CCC(C2)N3C)nc1C. The third-order valence-corrected chi connectivity index (χ3v) is 6.63. The molecule has 19 heavy (non-hydrogen) atoms. The van der Waals surface area contributed by atoms with Crippen molar-refractivity contribution in [3.05, 3.63) is 15.6 Å². The summed E-state index contributed by atoms with van der Waals surface area (Å²) < 4.78 is 0. The molecule has 3 unspecified atom stereocenters. The van der Waals surface area contributed by atoms with Crippen LogP contribution in [-0.2, 0) is 0 Å². The van der Waals surface area contributed by atoms with E-state index in [1.54, 1.807) is 0 Å². The molecule has 106 valence electrons. The second-order valence-electron chi connectivity index (χ2n) is 6.23. The Morgan fingerprint density at radius 1 is 1.32 bits per heavy atom. The van der Waals surface area contributed by atoms with E-state index in [0.717, 1.165) is 12.1 Å². The van der Waals surface area contributed by atoms with Gasteiger partial charge in [-0.3, -0.25) is 0 Å². The molecule has 0 spiro atoms. The summed E-state index contributed by atoms with van der Waals surface area (Å²) in [5.41, 5.74) is 1.23. The Balaban J connectivity index is 1.80. The number of hydrogen-bond acceptors (Lipinski definition) is 4. The van der Waals surface area contributed by atoms with Gasteiger partial charge < -0.3 is 10.2 Å². The lowest BCUT2D eigenvalue weighted by atomic mass is 9.92. The molecule has 0 saturated carbocycles. The van der Waals surface area contributed by atoms with Gasteiger partial charge in [0.05, 0.1) is 10.7 Å². The van der Waals surface area contributed by atoms with Crippen molar-refractivity contribution in [2.24, 2.45) is 0 Å². The van der Waals surface area contributed by atoms with Crippen LogP contribution in [0, 0.1) is 6.92 Å². The van der Waals surface area contributed by atoms with Crippen molar-refractivity contribution in [2.45, 2.75) is 63.6 Å². The Morgan fingerprint density at radius 3 is 2.53 bits per heavy atom. The zero-order valence-corrected chi connectivity index (χ0v) is 13.3. The third kappa shape index (κ3) is 2.34. The summed E-state index contributed by atoms with van der Waals surface area (Å²) in [5.74, 6) is 0.704. The van der Waals surface area contributed by atoms with E-state index in [0.29, 0.717) is 12.0 Å². The summed E-state index contributed by atoms with van der Waals surface area (Å²) in [6.45, 7) is 4.38. The molecule has 0 radical (unpaired) electrons. The van der Waals surface area contributed by atoms with E-state index in [9.17, 15) is 0 Å². The molecule has 4 heteroatoms. The van der Waals surface area contributed by atoms with Gasteiger partial charge in [-0.05, 0) is 53.6 Å². The molecular weight excluding hydrogens is 254 g/mol. The number of hydrogen-bond donors (Lipinski definition) is 1. The zero-order chi connectivity index (χ0) is 13.6. The van der Waals surface area contributed by atoms with Crippen molar-refractivity contribution >= 4 is 11.3 Å². The number of aryl methyl sites for hydroxylation is 1. The first-order valence-corrected chi connectivity index (χ1v) is 8.28. The van der Waals surface area contributed by atoms with E-state index in [4.69, 9.17) is 4.98 Å². The smallest absolute Gasteiger partial charge is 0.0963 e. The van der Waals surface area contributed by atoms with Crippen LogP contribution in [0.4, 0.5) is 0 Å². The number of rotatable bonds is 3. The minimum atomic E-state index is 0.425. The largest absolute Gasteiger partial charge is 0.312 e. The Morgan fingerprint density at radius 2 is 1.95 bits per heavy atom. The highest BCUT2D eigenvalue weighted by atomic mass is 32.1. The van der Waals surface area contributed by atoms with Crippen LogP contribution in [0.25, 0.3) is 0 Å². The monoisotopic (exact) mass is 279 g/mol.